The summed E-state index contributed by atoms with van der Waals surface area (Å²) in [6, 6.07) is 17.9. The lowest BCUT2D eigenvalue weighted by Crippen LogP contribution is -2.14. The number of allylic oxidation sites excluding steroid dienone is 1. The average molecular weight is 361 g/mol. The van der Waals surface area contributed by atoms with Crippen molar-refractivity contribution < 1.29 is 4.79 Å². The highest BCUT2D eigenvalue weighted by atomic mass is 16.1. The Morgan fingerprint density at radius 2 is 1.70 bits per heavy atom. The van der Waals surface area contributed by atoms with E-state index in [1.807, 2.05) is 48.5 Å². The summed E-state index contributed by atoms with van der Waals surface area (Å²) in [7, 11) is 4.15. The van der Waals surface area contributed by atoms with E-state index in [1.54, 1.807) is 6.92 Å². The van der Waals surface area contributed by atoms with Gasteiger partial charge in [-0.3, -0.25) is 4.79 Å². The van der Waals surface area contributed by atoms with E-state index in [9.17, 15) is 4.79 Å². The number of nitrogens with one attached hydrogen (secondary N) is 1. The van der Waals surface area contributed by atoms with Crippen LogP contribution in [0.3, 0.4) is 0 Å². The monoisotopic (exact) mass is 361 g/mol. The topological polar surface area (TPSA) is 62.1 Å². The molecule has 0 spiro atoms. The van der Waals surface area contributed by atoms with Crippen LogP contribution in [0.5, 0.6) is 0 Å². The molecule has 0 radical (unpaired) electrons. The number of para-hydroxylation sites is 1. The lowest BCUT2D eigenvalue weighted by atomic mass is 9.95. The lowest BCUT2D eigenvalue weighted by molar-refractivity contribution is -0.111. The zero-order chi connectivity index (χ0) is 19.4. The zero-order valence-corrected chi connectivity index (χ0v) is 16.3. The summed E-state index contributed by atoms with van der Waals surface area (Å²) in [5, 5.41) is 1.16. The number of rotatable bonds is 7. The van der Waals surface area contributed by atoms with Crippen LogP contribution in [-0.4, -0.2) is 36.3 Å². The number of nitrogens with two attached hydrogens (primary N) is 1. The van der Waals surface area contributed by atoms with Crippen LogP contribution in [0.1, 0.15) is 30.2 Å². The van der Waals surface area contributed by atoms with Crippen molar-refractivity contribution in [2.45, 2.75) is 19.8 Å². The number of aromatic amines is 1. The van der Waals surface area contributed by atoms with Gasteiger partial charge in [0.1, 0.15) is 0 Å². The van der Waals surface area contributed by atoms with E-state index in [-0.39, 0.29) is 5.78 Å². The van der Waals surface area contributed by atoms with Gasteiger partial charge in [0.2, 0.25) is 0 Å². The molecule has 3 aromatic rings. The Hall–Kier alpha value is -2.85. The van der Waals surface area contributed by atoms with E-state index in [2.05, 4.69) is 30.0 Å². The van der Waals surface area contributed by atoms with Crippen molar-refractivity contribution in [1.82, 2.24) is 9.88 Å². The van der Waals surface area contributed by atoms with Crippen molar-refractivity contribution in [1.29, 1.82) is 0 Å². The van der Waals surface area contributed by atoms with E-state index in [0.29, 0.717) is 11.3 Å². The van der Waals surface area contributed by atoms with Gasteiger partial charge < -0.3 is 15.6 Å². The highest BCUT2D eigenvalue weighted by molar-refractivity contribution is 6.27. The van der Waals surface area contributed by atoms with Gasteiger partial charge in [-0.2, -0.15) is 0 Å². The quantitative estimate of drug-likeness (QED) is 0.623. The number of carbonyl (C=O) groups excluding carboxylic acids is 1. The largest absolute Gasteiger partial charge is 0.398 e. The molecule has 3 rings (SSSR count). The van der Waals surface area contributed by atoms with E-state index in [1.165, 1.54) is 0 Å². The predicted molar refractivity (Wildman–Crippen MR) is 113 cm³/mol. The summed E-state index contributed by atoms with van der Waals surface area (Å²) in [6.07, 6.45) is 1.90. The normalized spacial score (nSPS) is 12.4. The fourth-order valence-electron chi connectivity index (χ4n) is 3.51. The van der Waals surface area contributed by atoms with Crippen LogP contribution in [0.15, 0.2) is 54.6 Å². The second kappa shape index (κ2) is 8.23. The second-order valence-electron chi connectivity index (χ2n) is 7.14. The van der Waals surface area contributed by atoms with Crippen molar-refractivity contribution in [2.24, 2.45) is 5.73 Å². The number of benzene rings is 2. The Balaban J connectivity index is 2.16. The van der Waals surface area contributed by atoms with Crippen molar-refractivity contribution in [3.8, 4) is 0 Å². The maximum absolute atomic E-state index is 12.6. The molecule has 27 heavy (non-hydrogen) atoms. The number of hydrogen-bond acceptors (Lipinski definition) is 3. The molecule has 1 aromatic heterocycles. The number of aryl methyl sites for hydroxylation is 1. The molecule has 2 aromatic carbocycles. The van der Waals surface area contributed by atoms with E-state index >= 15 is 0 Å². The number of aromatic nitrogens is 1. The minimum absolute atomic E-state index is 0.0308. The average Bonchev–Trinajstić information content (AvgIpc) is 3.00. The summed E-state index contributed by atoms with van der Waals surface area (Å²) in [4.78, 5) is 18.2. The highest BCUT2D eigenvalue weighted by Crippen LogP contribution is 2.32. The number of nitrogens with zero attached hydrogens (tertiary/aromatic N) is 1. The Morgan fingerprint density at radius 1 is 1.04 bits per heavy atom. The van der Waals surface area contributed by atoms with Crippen LogP contribution in [0.2, 0.25) is 0 Å². The van der Waals surface area contributed by atoms with Gasteiger partial charge in [-0.15, -0.1) is 0 Å². The molecular formula is C23H27N3O. The molecule has 0 amide bonds. The molecule has 0 saturated carbocycles. The second-order valence-corrected chi connectivity index (χ2v) is 7.14. The summed E-state index contributed by atoms with van der Waals surface area (Å²) in [5.41, 5.74) is 11.5. The van der Waals surface area contributed by atoms with Crippen molar-refractivity contribution in [3.05, 3.63) is 71.4 Å². The van der Waals surface area contributed by atoms with Crippen LogP contribution in [-0.2, 0) is 11.2 Å². The number of ketones is 1. The summed E-state index contributed by atoms with van der Waals surface area (Å²) >= 11 is 0. The smallest absolute Gasteiger partial charge is 0.164 e. The van der Waals surface area contributed by atoms with Gasteiger partial charge in [0.15, 0.2) is 5.78 Å². The third-order valence-corrected chi connectivity index (χ3v) is 4.80. The molecule has 3 N–H and O–H groups in total. The first kappa shape index (κ1) is 18.9. The van der Waals surface area contributed by atoms with Gasteiger partial charge in [0.05, 0.1) is 17.0 Å². The fraction of sp³-hybridized carbons (Fsp3) is 0.261. The first-order valence-corrected chi connectivity index (χ1v) is 9.30. The van der Waals surface area contributed by atoms with E-state index in [4.69, 9.17) is 5.73 Å². The van der Waals surface area contributed by atoms with Gasteiger partial charge >= 0.3 is 0 Å². The minimum atomic E-state index is -0.0308. The Labute approximate surface area is 160 Å². The Morgan fingerprint density at radius 3 is 2.37 bits per heavy atom. The van der Waals surface area contributed by atoms with Crippen molar-refractivity contribution in [3.63, 3.8) is 0 Å². The van der Waals surface area contributed by atoms with Crippen LogP contribution in [0, 0.1) is 0 Å². The van der Waals surface area contributed by atoms with Gasteiger partial charge in [0.25, 0.3) is 0 Å². The number of hydrogen-bond donors (Lipinski definition) is 2. The molecule has 0 aliphatic carbocycles. The number of carbonyl (C=O) groups is 1. The molecule has 0 unspecified atom stereocenters. The number of H-pyrrole nitrogens is 1. The molecule has 0 atom stereocenters. The first-order valence-electron chi connectivity index (χ1n) is 9.30. The van der Waals surface area contributed by atoms with Gasteiger partial charge in [-0.25, -0.2) is 0 Å². The van der Waals surface area contributed by atoms with Gasteiger partial charge in [-0.05, 0) is 57.6 Å². The van der Waals surface area contributed by atoms with E-state index < -0.39 is 0 Å². The third kappa shape index (κ3) is 4.12. The maximum Gasteiger partial charge on any atom is 0.164 e. The standard InChI is InChI=1S/C23H27N3O/c1-16(27)21(22(24)17-10-5-4-6-11-17)23-19(13-9-15-26(2)3)18-12-7-8-14-20(18)25-23/h4-8,10-12,14,25H,9,13,15,24H2,1-3H3. The van der Waals surface area contributed by atoms with Gasteiger partial charge in [0, 0.05) is 10.9 Å². The number of Topliss-reactive ketones (excluding diaryl/α,β-unsaturated/α-hetero) is 1. The van der Waals surface area contributed by atoms with Crippen LogP contribution in [0.4, 0.5) is 0 Å². The molecule has 0 aliphatic rings. The zero-order valence-electron chi connectivity index (χ0n) is 16.3. The van der Waals surface area contributed by atoms with Gasteiger partial charge in [-0.1, -0.05) is 48.5 Å². The molecule has 4 heteroatoms. The summed E-state index contributed by atoms with van der Waals surface area (Å²) in [6.45, 7) is 2.58. The molecule has 4 nitrogen and oxygen atoms in total. The predicted octanol–water partition coefficient (Wildman–Crippen LogP) is 4.08. The molecule has 1 heterocycles. The Kier molecular flexibility index (Phi) is 5.77. The minimum Gasteiger partial charge on any atom is -0.398 e. The number of fused-ring (bicyclic) bond motifs is 1. The van der Waals surface area contributed by atoms with Crippen LogP contribution >= 0.6 is 0 Å². The maximum atomic E-state index is 12.6. The molecule has 0 saturated heterocycles. The van der Waals surface area contributed by atoms with Crippen LogP contribution in [0.25, 0.3) is 22.2 Å². The first-order chi connectivity index (χ1) is 13.0. The lowest BCUT2D eigenvalue weighted by Gasteiger charge is -2.13. The molecule has 0 aliphatic heterocycles. The van der Waals surface area contributed by atoms with E-state index in [0.717, 1.165) is 47.1 Å². The van der Waals surface area contributed by atoms with Crippen molar-refractivity contribution >= 4 is 28.0 Å². The SMILES string of the molecule is CC(=O)C(=C(N)c1ccccc1)c1[nH]c2ccccc2c1CCCN(C)C. The Bertz CT molecular complexity index is 968. The molecule has 0 fully saturated rings. The molecule has 140 valence electrons. The van der Waals surface area contributed by atoms with Crippen molar-refractivity contribution in [2.75, 3.05) is 20.6 Å². The van der Waals surface area contributed by atoms with Crippen LogP contribution < -0.4 is 5.73 Å². The fourth-order valence-corrected chi connectivity index (χ4v) is 3.51. The summed E-state index contributed by atoms with van der Waals surface area (Å²) in [5.74, 6) is -0.0308. The molecule has 0 bridgehead atoms. The third-order valence-electron chi connectivity index (χ3n) is 4.80. The molecular weight excluding hydrogens is 334 g/mol. The summed E-state index contributed by atoms with van der Waals surface area (Å²) < 4.78 is 0. The highest BCUT2D eigenvalue weighted by Gasteiger charge is 2.21.